The van der Waals surface area contributed by atoms with Gasteiger partial charge in [0.05, 0.1) is 11.8 Å². The summed E-state index contributed by atoms with van der Waals surface area (Å²) in [5.74, 6) is -0.144. The summed E-state index contributed by atoms with van der Waals surface area (Å²) in [5.41, 5.74) is 2.03. The van der Waals surface area contributed by atoms with E-state index in [1.165, 1.54) is 6.20 Å². The van der Waals surface area contributed by atoms with Gasteiger partial charge < -0.3 is 10.1 Å². The Morgan fingerprint density at radius 3 is 2.48 bits per heavy atom. The second-order valence-corrected chi connectivity index (χ2v) is 8.61. The molecule has 2 heterocycles. The summed E-state index contributed by atoms with van der Waals surface area (Å²) < 4.78 is 7.29. The fraction of sp³-hybridized carbons (Fsp3) is 0.417. The molecule has 3 rings (SSSR count). The SMILES string of the molecule is CC(C)C[C@H](NC(=O)c1cnc2c(cnn2CC(C)C)c1)C(=O)OCc1ccccc1. The van der Waals surface area contributed by atoms with Crippen molar-refractivity contribution in [2.75, 3.05) is 0 Å². The van der Waals surface area contributed by atoms with Crippen LogP contribution in [-0.4, -0.2) is 32.7 Å². The van der Waals surface area contributed by atoms with Crippen molar-refractivity contribution in [2.45, 2.75) is 53.3 Å². The molecule has 0 unspecified atom stereocenters. The number of carbonyl (C=O) groups is 2. The molecule has 0 spiro atoms. The predicted molar refractivity (Wildman–Crippen MR) is 119 cm³/mol. The molecule has 0 bridgehead atoms. The van der Waals surface area contributed by atoms with E-state index in [1.54, 1.807) is 12.3 Å². The Labute approximate surface area is 182 Å². The van der Waals surface area contributed by atoms with Crippen molar-refractivity contribution < 1.29 is 14.3 Å². The first-order chi connectivity index (χ1) is 14.8. The number of rotatable bonds is 9. The summed E-state index contributed by atoms with van der Waals surface area (Å²) in [7, 11) is 0. The summed E-state index contributed by atoms with van der Waals surface area (Å²) in [6.07, 6.45) is 3.72. The highest BCUT2D eigenvalue weighted by Crippen LogP contribution is 2.15. The van der Waals surface area contributed by atoms with Crippen molar-refractivity contribution >= 4 is 22.9 Å². The van der Waals surface area contributed by atoms with Crippen molar-refractivity contribution in [2.24, 2.45) is 11.8 Å². The lowest BCUT2D eigenvalue weighted by Gasteiger charge is -2.19. The maximum absolute atomic E-state index is 12.9. The van der Waals surface area contributed by atoms with Crippen molar-refractivity contribution in [3.63, 3.8) is 0 Å². The summed E-state index contributed by atoms with van der Waals surface area (Å²) in [4.78, 5) is 30.0. The zero-order valence-electron chi connectivity index (χ0n) is 18.5. The Balaban J connectivity index is 1.70. The minimum atomic E-state index is -0.726. The van der Waals surface area contributed by atoms with Crippen LogP contribution in [0.25, 0.3) is 11.0 Å². The minimum absolute atomic E-state index is 0.173. The Kier molecular flexibility index (Phi) is 7.39. The van der Waals surface area contributed by atoms with E-state index in [2.05, 4.69) is 29.2 Å². The van der Waals surface area contributed by atoms with Crippen LogP contribution in [0.15, 0.2) is 48.8 Å². The Morgan fingerprint density at radius 1 is 1.06 bits per heavy atom. The number of carbonyl (C=O) groups excluding carboxylic acids is 2. The van der Waals surface area contributed by atoms with Crippen LogP contribution >= 0.6 is 0 Å². The van der Waals surface area contributed by atoms with Crippen LogP contribution in [0.5, 0.6) is 0 Å². The molecule has 1 aromatic carbocycles. The molecule has 1 N–H and O–H groups in total. The molecule has 0 aliphatic rings. The molecule has 0 fully saturated rings. The molecule has 1 atom stereocenters. The van der Waals surface area contributed by atoms with E-state index < -0.39 is 12.0 Å². The molecule has 0 aliphatic carbocycles. The van der Waals surface area contributed by atoms with Crippen LogP contribution < -0.4 is 5.32 Å². The molecule has 164 valence electrons. The topological polar surface area (TPSA) is 86.1 Å². The maximum Gasteiger partial charge on any atom is 0.328 e. The average Bonchev–Trinajstić information content (AvgIpc) is 3.13. The molecular weight excluding hydrogens is 392 g/mol. The first-order valence-corrected chi connectivity index (χ1v) is 10.7. The number of nitrogens with one attached hydrogen (secondary N) is 1. The molecule has 7 nitrogen and oxygen atoms in total. The van der Waals surface area contributed by atoms with E-state index in [-0.39, 0.29) is 18.4 Å². The van der Waals surface area contributed by atoms with Crippen LogP contribution in [0.3, 0.4) is 0 Å². The monoisotopic (exact) mass is 422 g/mol. The van der Waals surface area contributed by atoms with Crippen LogP contribution in [0.1, 0.15) is 50.0 Å². The highest BCUT2D eigenvalue weighted by Gasteiger charge is 2.24. The number of hydrogen-bond donors (Lipinski definition) is 1. The third kappa shape index (κ3) is 6.13. The number of hydrogen-bond acceptors (Lipinski definition) is 5. The van der Waals surface area contributed by atoms with Gasteiger partial charge in [-0.25, -0.2) is 14.5 Å². The maximum atomic E-state index is 12.9. The highest BCUT2D eigenvalue weighted by atomic mass is 16.5. The van der Waals surface area contributed by atoms with Crippen LogP contribution in [0.2, 0.25) is 0 Å². The van der Waals surface area contributed by atoms with Gasteiger partial charge in [0.25, 0.3) is 5.91 Å². The minimum Gasteiger partial charge on any atom is -0.459 e. The summed E-state index contributed by atoms with van der Waals surface area (Å²) in [5, 5.41) is 7.98. The van der Waals surface area contributed by atoms with E-state index in [4.69, 9.17) is 4.74 Å². The Hall–Kier alpha value is -3.22. The number of nitrogens with zero attached hydrogens (tertiary/aromatic N) is 3. The Morgan fingerprint density at radius 2 is 1.81 bits per heavy atom. The van der Waals surface area contributed by atoms with Gasteiger partial charge in [0, 0.05) is 18.1 Å². The zero-order valence-corrected chi connectivity index (χ0v) is 18.5. The van der Waals surface area contributed by atoms with Gasteiger partial charge in [-0.15, -0.1) is 0 Å². The second kappa shape index (κ2) is 10.2. The quantitative estimate of drug-likeness (QED) is 0.527. The first kappa shape index (κ1) is 22.5. The molecule has 0 radical (unpaired) electrons. The standard InChI is InChI=1S/C24H30N4O3/c1-16(2)10-21(24(30)31-15-18-8-6-5-7-9-18)27-23(29)20-11-19-13-26-28(14-17(3)4)22(19)25-12-20/h5-9,11-13,16-17,21H,10,14-15H2,1-4H3,(H,27,29)/t21-/m0/s1. The molecule has 3 aromatic rings. The fourth-order valence-electron chi connectivity index (χ4n) is 3.33. The zero-order chi connectivity index (χ0) is 22.4. The largest absolute Gasteiger partial charge is 0.459 e. The molecule has 1 amide bonds. The lowest BCUT2D eigenvalue weighted by molar-refractivity contribution is -0.147. The fourth-order valence-corrected chi connectivity index (χ4v) is 3.33. The number of benzene rings is 1. The van der Waals surface area contributed by atoms with Gasteiger partial charge in [-0.3, -0.25) is 4.79 Å². The van der Waals surface area contributed by atoms with Gasteiger partial charge in [-0.1, -0.05) is 58.0 Å². The summed E-state index contributed by atoms with van der Waals surface area (Å²) in [6.45, 7) is 9.15. The van der Waals surface area contributed by atoms with Crippen molar-refractivity contribution in [1.29, 1.82) is 0 Å². The van der Waals surface area contributed by atoms with Gasteiger partial charge in [-0.2, -0.15) is 5.10 Å². The second-order valence-electron chi connectivity index (χ2n) is 8.61. The first-order valence-electron chi connectivity index (χ1n) is 10.7. The molecule has 7 heteroatoms. The third-order valence-corrected chi connectivity index (χ3v) is 4.80. The average molecular weight is 423 g/mol. The molecule has 31 heavy (non-hydrogen) atoms. The lowest BCUT2D eigenvalue weighted by Crippen LogP contribution is -2.42. The van der Waals surface area contributed by atoms with Gasteiger partial charge in [-0.05, 0) is 29.9 Å². The number of aromatic nitrogens is 3. The van der Waals surface area contributed by atoms with Gasteiger partial charge in [0.15, 0.2) is 5.65 Å². The van der Waals surface area contributed by atoms with Gasteiger partial charge >= 0.3 is 5.97 Å². The van der Waals surface area contributed by atoms with Crippen LogP contribution in [0, 0.1) is 11.8 Å². The number of amides is 1. The summed E-state index contributed by atoms with van der Waals surface area (Å²) >= 11 is 0. The van der Waals surface area contributed by atoms with Gasteiger partial charge in [0.2, 0.25) is 0 Å². The normalized spacial score (nSPS) is 12.3. The van der Waals surface area contributed by atoms with E-state index in [9.17, 15) is 9.59 Å². The number of pyridine rings is 1. The molecule has 0 aliphatic heterocycles. The van der Waals surface area contributed by atoms with E-state index in [0.29, 0.717) is 17.9 Å². The molecule has 0 saturated heterocycles. The van der Waals surface area contributed by atoms with Crippen LogP contribution in [0.4, 0.5) is 0 Å². The Bertz CT molecular complexity index is 1030. The predicted octanol–water partition coefficient (Wildman–Crippen LogP) is 3.98. The van der Waals surface area contributed by atoms with Crippen molar-refractivity contribution in [1.82, 2.24) is 20.1 Å². The van der Waals surface area contributed by atoms with E-state index in [1.807, 2.05) is 48.9 Å². The lowest BCUT2D eigenvalue weighted by atomic mass is 10.0. The smallest absolute Gasteiger partial charge is 0.328 e. The van der Waals surface area contributed by atoms with Crippen LogP contribution in [-0.2, 0) is 22.7 Å². The summed E-state index contributed by atoms with van der Waals surface area (Å²) in [6, 6.07) is 10.5. The molecule has 2 aromatic heterocycles. The molecule has 0 saturated carbocycles. The van der Waals surface area contributed by atoms with E-state index in [0.717, 1.165) is 23.1 Å². The number of ether oxygens (including phenoxy) is 1. The van der Waals surface area contributed by atoms with Gasteiger partial charge in [0.1, 0.15) is 12.6 Å². The highest BCUT2D eigenvalue weighted by molar-refractivity contribution is 5.98. The van der Waals surface area contributed by atoms with Crippen molar-refractivity contribution in [3.8, 4) is 0 Å². The molecular formula is C24H30N4O3. The number of fused-ring (bicyclic) bond motifs is 1. The number of esters is 1. The van der Waals surface area contributed by atoms with E-state index >= 15 is 0 Å². The van der Waals surface area contributed by atoms with Crippen molar-refractivity contribution in [3.05, 3.63) is 59.9 Å². The third-order valence-electron chi connectivity index (χ3n) is 4.80.